The van der Waals surface area contributed by atoms with Gasteiger partial charge >= 0.3 is 0 Å². The first-order valence-corrected chi connectivity index (χ1v) is 7.92. The number of H-pyrrole nitrogens is 1. The van der Waals surface area contributed by atoms with Crippen molar-refractivity contribution in [2.75, 3.05) is 18.4 Å². The Morgan fingerprint density at radius 2 is 2.17 bits per heavy atom. The zero-order valence-corrected chi connectivity index (χ0v) is 13.4. The SMILES string of the molecule is C=CCNc1ccnc(C(=O)NCCc2c[nH]c3ccccc23)c1. The zero-order chi connectivity index (χ0) is 16.8. The van der Waals surface area contributed by atoms with Crippen LogP contribution in [0.2, 0.25) is 0 Å². The Hall–Kier alpha value is -3.08. The Morgan fingerprint density at radius 3 is 3.04 bits per heavy atom. The highest BCUT2D eigenvalue weighted by atomic mass is 16.1. The van der Waals surface area contributed by atoms with Crippen LogP contribution in [0.15, 0.2) is 61.4 Å². The molecule has 0 bridgehead atoms. The fourth-order valence-electron chi connectivity index (χ4n) is 2.59. The maximum atomic E-state index is 12.2. The number of para-hydroxylation sites is 1. The summed E-state index contributed by atoms with van der Waals surface area (Å²) < 4.78 is 0. The van der Waals surface area contributed by atoms with Gasteiger partial charge in [-0.1, -0.05) is 24.3 Å². The van der Waals surface area contributed by atoms with Gasteiger partial charge in [0.05, 0.1) is 0 Å². The molecule has 0 fully saturated rings. The third-order valence-electron chi connectivity index (χ3n) is 3.80. The summed E-state index contributed by atoms with van der Waals surface area (Å²) in [6.45, 7) is 4.87. The van der Waals surface area contributed by atoms with E-state index < -0.39 is 0 Å². The van der Waals surface area contributed by atoms with Crippen molar-refractivity contribution in [3.8, 4) is 0 Å². The Balaban J connectivity index is 1.58. The van der Waals surface area contributed by atoms with E-state index in [4.69, 9.17) is 0 Å². The fraction of sp³-hybridized carbons (Fsp3) is 0.158. The predicted molar refractivity (Wildman–Crippen MR) is 97.3 cm³/mol. The molecule has 0 spiro atoms. The second kappa shape index (κ2) is 7.46. The van der Waals surface area contributed by atoms with Gasteiger partial charge < -0.3 is 15.6 Å². The summed E-state index contributed by atoms with van der Waals surface area (Å²) in [4.78, 5) is 19.6. The maximum absolute atomic E-state index is 12.2. The predicted octanol–water partition coefficient (Wildman–Crippen LogP) is 3.13. The summed E-state index contributed by atoms with van der Waals surface area (Å²) >= 11 is 0. The van der Waals surface area contributed by atoms with E-state index in [0.717, 1.165) is 17.6 Å². The van der Waals surface area contributed by atoms with E-state index in [0.29, 0.717) is 18.8 Å². The lowest BCUT2D eigenvalue weighted by molar-refractivity contribution is 0.0949. The molecule has 0 atom stereocenters. The molecule has 3 aromatic rings. The molecule has 2 aromatic heterocycles. The number of hydrogen-bond acceptors (Lipinski definition) is 3. The van der Waals surface area contributed by atoms with Gasteiger partial charge in [0.2, 0.25) is 0 Å². The van der Waals surface area contributed by atoms with Gasteiger partial charge in [0.1, 0.15) is 5.69 Å². The van der Waals surface area contributed by atoms with E-state index in [2.05, 4.69) is 33.2 Å². The lowest BCUT2D eigenvalue weighted by Crippen LogP contribution is -2.26. The second-order valence-corrected chi connectivity index (χ2v) is 5.46. The molecule has 0 aliphatic heterocycles. The van der Waals surface area contributed by atoms with E-state index in [1.54, 1.807) is 18.3 Å². The summed E-state index contributed by atoms with van der Waals surface area (Å²) in [6, 6.07) is 11.7. The molecule has 1 amide bonds. The molecule has 5 nitrogen and oxygen atoms in total. The van der Waals surface area contributed by atoms with Crippen LogP contribution >= 0.6 is 0 Å². The van der Waals surface area contributed by atoms with Crippen molar-refractivity contribution in [1.29, 1.82) is 0 Å². The van der Waals surface area contributed by atoms with Crippen LogP contribution in [0.1, 0.15) is 16.1 Å². The zero-order valence-electron chi connectivity index (χ0n) is 13.4. The topological polar surface area (TPSA) is 69.8 Å². The van der Waals surface area contributed by atoms with Gasteiger partial charge in [0.25, 0.3) is 5.91 Å². The number of anilines is 1. The number of aromatic nitrogens is 2. The molecular weight excluding hydrogens is 300 g/mol. The van der Waals surface area contributed by atoms with Crippen LogP contribution in [-0.4, -0.2) is 29.0 Å². The van der Waals surface area contributed by atoms with E-state index in [9.17, 15) is 4.79 Å². The second-order valence-electron chi connectivity index (χ2n) is 5.46. The Labute approximate surface area is 140 Å². The van der Waals surface area contributed by atoms with Gasteiger partial charge in [0, 0.05) is 42.1 Å². The number of hydrogen-bond donors (Lipinski definition) is 3. The molecule has 0 saturated heterocycles. The number of carbonyl (C=O) groups is 1. The third-order valence-corrected chi connectivity index (χ3v) is 3.80. The summed E-state index contributed by atoms with van der Waals surface area (Å²) in [6.07, 6.45) is 6.15. The number of benzene rings is 1. The molecule has 3 rings (SSSR count). The van der Waals surface area contributed by atoms with E-state index in [1.165, 1.54) is 10.9 Å². The monoisotopic (exact) mass is 320 g/mol. The van der Waals surface area contributed by atoms with Crippen molar-refractivity contribution < 1.29 is 4.79 Å². The van der Waals surface area contributed by atoms with Crippen molar-refractivity contribution in [3.05, 3.63) is 72.7 Å². The molecule has 0 aliphatic carbocycles. The minimum absolute atomic E-state index is 0.169. The average Bonchev–Trinajstić information content (AvgIpc) is 3.03. The quantitative estimate of drug-likeness (QED) is 0.586. The summed E-state index contributed by atoms with van der Waals surface area (Å²) in [5.41, 5.74) is 3.57. The largest absolute Gasteiger partial charge is 0.381 e. The first kappa shape index (κ1) is 15.8. The van der Waals surface area contributed by atoms with Crippen molar-refractivity contribution in [2.24, 2.45) is 0 Å². The summed E-state index contributed by atoms with van der Waals surface area (Å²) in [7, 11) is 0. The standard InChI is InChI=1S/C19H20N4O/c1-2-9-20-15-8-11-21-18(12-15)19(24)22-10-7-14-13-23-17-6-4-3-5-16(14)17/h2-6,8,11-13,23H,1,7,9-10H2,(H,20,21)(H,22,24). The average molecular weight is 320 g/mol. The Morgan fingerprint density at radius 1 is 1.29 bits per heavy atom. The van der Waals surface area contributed by atoms with Crippen molar-refractivity contribution in [1.82, 2.24) is 15.3 Å². The highest BCUT2D eigenvalue weighted by molar-refractivity contribution is 5.93. The molecular formula is C19H20N4O. The number of carbonyl (C=O) groups excluding carboxylic acids is 1. The fourth-order valence-corrected chi connectivity index (χ4v) is 2.59. The minimum atomic E-state index is -0.169. The van der Waals surface area contributed by atoms with Crippen LogP contribution in [0.25, 0.3) is 10.9 Å². The molecule has 5 heteroatoms. The summed E-state index contributed by atoms with van der Waals surface area (Å²) in [5.74, 6) is -0.169. The molecule has 0 aliphatic rings. The first-order valence-electron chi connectivity index (χ1n) is 7.92. The number of amides is 1. The van der Waals surface area contributed by atoms with E-state index in [-0.39, 0.29) is 5.91 Å². The van der Waals surface area contributed by atoms with Crippen LogP contribution in [0, 0.1) is 0 Å². The highest BCUT2D eigenvalue weighted by Gasteiger charge is 2.08. The smallest absolute Gasteiger partial charge is 0.269 e. The number of nitrogens with zero attached hydrogens (tertiary/aromatic N) is 1. The van der Waals surface area contributed by atoms with Gasteiger partial charge in [-0.05, 0) is 30.2 Å². The van der Waals surface area contributed by atoms with Crippen LogP contribution < -0.4 is 10.6 Å². The van der Waals surface area contributed by atoms with Gasteiger partial charge in [-0.15, -0.1) is 6.58 Å². The van der Waals surface area contributed by atoms with Crippen LogP contribution in [0.5, 0.6) is 0 Å². The number of pyridine rings is 1. The van der Waals surface area contributed by atoms with E-state index in [1.807, 2.05) is 30.5 Å². The van der Waals surface area contributed by atoms with Crippen LogP contribution in [-0.2, 0) is 6.42 Å². The van der Waals surface area contributed by atoms with Gasteiger partial charge in [-0.25, -0.2) is 0 Å². The van der Waals surface area contributed by atoms with Crippen molar-refractivity contribution in [2.45, 2.75) is 6.42 Å². The Bertz CT molecular complexity index is 853. The lowest BCUT2D eigenvalue weighted by Gasteiger charge is -2.07. The number of fused-ring (bicyclic) bond motifs is 1. The normalized spacial score (nSPS) is 10.5. The van der Waals surface area contributed by atoms with Gasteiger partial charge in [-0.3, -0.25) is 9.78 Å². The molecule has 2 heterocycles. The molecule has 0 unspecified atom stereocenters. The van der Waals surface area contributed by atoms with Gasteiger partial charge in [0.15, 0.2) is 0 Å². The molecule has 1 aromatic carbocycles. The third kappa shape index (κ3) is 3.63. The minimum Gasteiger partial charge on any atom is -0.381 e. The maximum Gasteiger partial charge on any atom is 0.269 e. The molecule has 122 valence electrons. The number of rotatable bonds is 7. The highest BCUT2D eigenvalue weighted by Crippen LogP contribution is 2.17. The molecule has 3 N–H and O–H groups in total. The molecule has 0 radical (unpaired) electrons. The lowest BCUT2D eigenvalue weighted by atomic mass is 10.1. The van der Waals surface area contributed by atoms with Crippen molar-refractivity contribution >= 4 is 22.5 Å². The van der Waals surface area contributed by atoms with Crippen LogP contribution in [0.3, 0.4) is 0 Å². The first-order chi connectivity index (χ1) is 11.8. The summed E-state index contributed by atoms with van der Waals surface area (Å²) in [5, 5.41) is 7.26. The molecule has 0 saturated carbocycles. The van der Waals surface area contributed by atoms with E-state index >= 15 is 0 Å². The van der Waals surface area contributed by atoms with Gasteiger partial charge in [-0.2, -0.15) is 0 Å². The number of nitrogens with one attached hydrogen (secondary N) is 3. The van der Waals surface area contributed by atoms with Crippen LogP contribution in [0.4, 0.5) is 5.69 Å². The molecule has 24 heavy (non-hydrogen) atoms. The van der Waals surface area contributed by atoms with Crippen molar-refractivity contribution in [3.63, 3.8) is 0 Å². The number of aromatic amines is 1. The Kier molecular flexibility index (Phi) is 4.91.